The highest BCUT2D eigenvalue weighted by atomic mass is 16.5. The second-order valence-electron chi connectivity index (χ2n) is 7.02. The van der Waals surface area contributed by atoms with Gasteiger partial charge in [0.15, 0.2) is 0 Å². The average Bonchev–Trinajstić information content (AvgIpc) is 2.92. The molecule has 0 bridgehead atoms. The molecule has 6 unspecified atom stereocenters. The second kappa shape index (κ2) is 8.40. The monoisotopic (exact) mass is 351 g/mol. The van der Waals surface area contributed by atoms with Crippen molar-refractivity contribution in [2.75, 3.05) is 32.8 Å². The maximum atomic E-state index is 12.9. The molecule has 6 N–H and O–H groups in total. The van der Waals surface area contributed by atoms with Gasteiger partial charge in [-0.05, 0) is 25.8 Å². The van der Waals surface area contributed by atoms with Crippen molar-refractivity contribution in [1.29, 1.82) is 5.26 Å². The van der Waals surface area contributed by atoms with Crippen molar-refractivity contribution >= 4 is 5.91 Å². The maximum Gasteiger partial charge on any atom is 0.229 e. The van der Waals surface area contributed by atoms with Crippen LogP contribution < -0.4 is 27.1 Å². The molecule has 1 amide bonds. The van der Waals surface area contributed by atoms with Gasteiger partial charge in [-0.15, -0.1) is 0 Å². The Morgan fingerprint density at radius 2 is 2.32 bits per heavy atom. The zero-order valence-corrected chi connectivity index (χ0v) is 14.7. The lowest BCUT2D eigenvalue weighted by atomic mass is 9.96. The second-order valence-corrected chi connectivity index (χ2v) is 7.02. The van der Waals surface area contributed by atoms with Gasteiger partial charge < -0.3 is 21.1 Å². The van der Waals surface area contributed by atoms with E-state index in [1.54, 1.807) is 0 Å². The largest absolute Gasteiger partial charge is 0.376 e. The molecule has 3 heterocycles. The molecule has 9 nitrogen and oxygen atoms in total. The van der Waals surface area contributed by atoms with Crippen LogP contribution in [0.3, 0.4) is 0 Å². The summed E-state index contributed by atoms with van der Waals surface area (Å²) in [5.74, 6) is -0.197. The number of nitrogens with one attached hydrogen (secondary N) is 4. The molecule has 0 radical (unpaired) electrons. The molecule has 0 aromatic rings. The van der Waals surface area contributed by atoms with Gasteiger partial charge in [-0.2, -0.15) is 5.26 Å². The Morgan fingerprint density at radius 3 is 3.08 bits per heavy atom. The van der Waals surface area contributed by atoms with Crippen LogP contribution in [0.1, 0.15) is 19.8 Å². The number of nitrogens with zero attached hydrogens (tertiary/aromatic N) is 2. The third kappa shape index (κ3) is 4.11. The van der Waals surface area contributed by atoms with E-state index in [2.05, 4.69) is 27.4 Å². The first-order chi connectivity index (χ1) is 12.1. The van der Waals surface area contributed by atoms with Gasteiger partial charge in [0.25, 0.3) is 0 Å². The maximum absolute atomic E-state index is 12.9. The average molecular weight is 351 g/mol. The Bertz CT molecular complexity index is 509. The van der Waals surface area contributed by atoms with Crippen LogP contribution in [-0.2, 0) is 9.53 Å². The third-order valence-electron chi connectivity index (χ3n) is 5.26. The normalized spacial score (nSPS) is 38.8. The minimum Gasteiger partial charge on any atom is -0.376 e. The number of ether oxygens (including phenoxy) is 1. The molecule has 3 fully saturated rings. The van der Waals surface area contributed by atoms with Crippen LogP contribution in [0.4, 0.5) is 0 Å². The predicted octanol–water partition coefficient (Wildman–Crippen LogP) is -1.95. The fourth-order valence-corrected chi connectivity index (χ4v) is 4.02. The van der Waals surface area contributed by atoms with Crippen LogP contribution >= 0.6 is 0 Å². The van der Waals surface area contributed by atoms with E-state index in [4.69, 9.17) is 15.7 Å². The van der Waals surface area contributed by atoms with Crippen LogP contribution in [-0.4, -0.2) is 68.2 Å². The van der Waals surface area contributed by atoms with Gasteiger partial charge in [-0.1, -0.05) is 0 Å². The topological polar surface area (TPSA) is 127 Å². The fraction of sp³-hybridized carbons (Fsp3) is 0.875. The molecular formula is C16H29N7O2. The number of hydrogen-bond donors (Lipinski definition) is 5. The molecule has 9 heteroatoms. The molecule has 3 rings (SSSR count). The van der Waals surface area contributed by atoms with Crippen LogP contribution in [0, 0.1) is 23.2 Å². The molecule has 0 aromatic heterocycles. The van der Waals surface area contributed by atoms with Crippen molar-refractivity contribution in [2.24, 2.45) is 17.6 Å². The Labute approximate surface area is 148 Å². The van der Waals surface area contributed by atoms with Gasteiger partial charge in [0.2, 0.25) is 5.91 Å². The van der Waals surface area contributed by atoms with Crippen molar-refractivity contribution in [3.63, 3.8) is 0 Å². The summed E-state index contributed by atoms with van der Waals surface area (Å²) in [7, 11) is 0. The Kier molecular flexibility index (Phi) is 6.22. The zero-order valence-electron chi connectivity index (χ0n) is 14.7. The number of carbonyl (C=O) groups excluding carboxylic acids is 1. The molecule has 25 heavy (non-hydrogen) atoms. The molecule has 6 atom stereocenters. The number of hydrogen-bond acceptors (Lipinski definition) is 8. The standard InChI is InChI=1S/C16H29N7O2/c1-2-25-12-4-6-19-8-11(12)21-16(24)13-14(18)22-23-9-10(3-5-17)7-20-15(13)23/h10-15,19-20,22H,2-4,6-9,18H2,1H3,(H,21,24). The number of piperidine rings is 1. The molecule has 0 aromatic carbocycles. The Balaban J connectivity index is 1.61. The molecule has 3 aliphatic heterocycles. The summed E-state index contributed by atoms with van der Waals surface area (Å²) in [6.07, 6.45) is 0.828. The lowest BCUT2D eigenvalue weighted by Crippen LogP contribution is -2.60. The van der Waals surface area contributed by atoms with E-state index < -0.39 is 6.17 Å². The third-order valence-corrected chi connectivity index (χ3v) is 5.26. The van der Waals surface area contributed by atoms with E-state index >= 15 is 0 Å². The number of nitrogens with two attached hydrogens (primary N) is 1. The Morgan fingerprint density at radius 1 is 1.48 bits per heavy atom. The smallest absolute Gasteiger partial charge is 0.229 e. The molecular weight excluding hydrogens is 322 g/mol. The van der Waals surface area contributed by atoms with E-state index in [1.807, 2.05) is 11.9 Å². The first-order valence-electron chi connectivity index (χ1n) is 9.15. The number of fused-ring (bicyclic) bond motifs is 1. The molecule has 3 saturated heterocycles. The van der Waals surface area contributed by atoms with Crippen LogP contribution in [0.2, 0.25) is 0 Å². The molecule has 3 aliphatic rings. The predicted molar refractivity (Wildman–Crippen MR) is 91.6 cm³/mol. The van der Waals surface area contributed by atoms with Crippen molar-refractivity contribution in [3.8, 4) is 6.07 Å². The summed E-state index contributed by atoms with van der Waals surface area (Å²) in [5.41, 5.74) is 9.37. The highest BCUT2D eigenvalue weighted by molar-refractivity contribution is 5.80. The Hall–Kier alpha value is -1.28. The van der Waals surface area contributed by atoms with Crippen molar-refractivity contribution in [3.05, 3.63) is 0 Å². The summed E-state index contributed by atoms with van der Waals surface area (Å²) in [6.45, 7) is 5.66. The molecule has 140 valence electrons. The fourth-order valence-electron chi connectivity index (χ4n) is 4.02. The molecule has 0 saturated carbocycles. The van der Waals surface area contributed by atoms with Gasteiger partial charge in [0, 0.05) is 32.7 Å². The number of hydrazine groups is 1. The summed E-state index contributed by atoms with van der Waals surface area (Å²) < 4.78 is 5.78. The highest BCUT2D eigenvalue weighted by Crippen LogP contribution is 2.24. The zero-order chi connectivity index (χ0) is 17.8. The summed E-state index contributed by atoms with van der Waals surface area (Å²) in [4.78, 5) is 12.9. The summed E-state index contributed by atoms with van der Waals surface area (Å²) in [6, 6.07) is 2.16. The number of amides is 1. The number of nitriles is 1. The highest BCUT2D eigenvalue weighted by Gasteiger charge is 2.47. The van der Waals surface area contributed by atoms with Crippen LogP contribution in [0.15, 0.2) is 0 Å². The van der Waals surface area contributed by atoms with E-state index in [-0.39, 0.29) is 36.1 Å². The van der Waals surface area contributed by atoms with Crippen molar-refractivity contribution < 1.29 is 9.53 Å². The van der Waals surface area contributed by atoms with Crippen LogP contribution in [0.25, 0.3) is 0 Å². The lowest BCUT2D eigenvalue weighted by Gasteiger charge is -2.37. The summed E-state index contributed by atoms with van der Waals surface area (Å²) in [5, 5.41) is 20.7. The van der Waals surface area contributed by atoms with Crippen LogP contribution in [0.5, 0.6) is 0 Å². The van der Waals surface area contributed by atoms with Crippen molar-refractivity contribution in [2.45, 2.75) is 44.2 Å². The lowest BCUT2D eigenvalue weighted by molar-refractivity contribution is -0.129. The van der Waals surface area contributed by atoms with Gasteiger partial charge in [0.1, 0.15) is 0 Å². The minimum absolute atomic E-state index is 0.0382. The van der Waals surface area contributed by atoms with E-state index in [9.17, 15) is 4.79 Å². The minimum atomic E-state index is -0.444. The molecule has 0 aliphatic carbocycles. The quantitative estimate of drug-likeness (QED) is 0.387. The molecule has 0 spiro atoms. The number of rotatable bonds is 5. The van der Waals surface area contributed by atoms with Gasteiger partial charge >= 0.3 is 0 Å². The van der Waals surface area contributed by atoms with E-state index in [0.717, 1.165) is 26.1 Å². The SMILES string of the molecule is CCOC1CCNCC1NC(=O)C1C(N)NN2CC(CC#N)CNC12. The van der Waals surface area contributed by atoms with Gasteiger partial charge in [-0.3, -0.25) is 10.1 Å². The van der Waals surface area contributed by atoms with E-state index in [0.29, 0.717) is 19.6 Å². The first kappa shape index (κ1) is 18.5. The number of carbonyl (C=O) groups is 1. The van der Waals surface area contributed by atoms with E-state index in [1.165, 1.54) is 0 Å². The van der Waals surface area contributed by atoms with Gasteiger partial charge in [-0.25, -0.2) is 10.4 Å². The first-order valence-corrected chi connectivity index (χ1v) is 9.15. The summed E-state index contributed by atoms with van der Waals surface area (Å²) >= 11 is 0. The van der Waals surface area contributed by atoms with Gasteiger partial charge in [0.05, 0.1) is 36.5 Å². The van der Waals surface area contributed by atoms with Crippen molar-refractivity contribution in [1.82, 2.24) is 26.4 Å².